The molecule has 1 aliphatic carbocycles. The number of benzene rings is 1. The van der Waals surface area contributed by atoms with Gasteiger partial charge in [0.15, 0.2) is 16.5 Å². The first-order chi connectivity index (χ1) is 38.6. The fourth-order valence-corrected chi connectivity index (χ4v) is 11.1. The molecule has 3 saturated heterocycles. The molecule has 3 atom stereocenters. The highest BCUT2D eigenvalue weighted by Crippen LogP contribution is 2.60. The average Bonchev–Trinajstić information content (AvgIpc) is 4.24. The van der Waals surface area contributed by atoms with Gasteiger partial charge in [-0.15, -0.1) is 11.3 Å². The van der Waals surface area contributed by atoms with Gasteiger partial charge in [0.05, 0.1) is 168 Å². The van der Waals surface area contributed by atoms with E-state index >= 15 is 0 Å². The van der Waals surface area contributed by atoms with Crippen LogP contribution < -0.4 is 10.5 Å². The van der Waals surface area contributed by atoms with Crippen LogP contribution in [0.4, 0.5) is 23.2 Å². The van der Waals surface area contributed by atoms with Crippen LogP contribution in [-0.2, 0) is 83.3 Å². The van der Waals surface area contributed by atoms with Crippen LogP contribution in [0.1, 0.15) is 55.7 Å². The largest absolute Gasteiger partial charge is 0.420 e. The molecule has 0 radical (unpaired) electrons. The molecule has 29 heteroatoms. The Labute approximate surface area is 466 Å². The molecule has 23 nitrogen and oxygen atoms in total. The molecule has 2 bridgehead atoms. The summed E-state index contributed by atoms with van der Waals surface area (Å²) < 4.78 is 145. The summed E-state index contributed by atoms with van der Waals surface area (Å²) in [4.78, 5) is 53.0. The number of ether oxygens (including phenoxy) is 11. The number of rotatable bonds is 42. The second kappa shape index (κ2) is 33.1. The van der Waals surface area contributed by atoms with Crippen molar-refractivity contribution in [2.75, 3.05) is 158 Å². The summed E-state index contributed by atoms with van der Waals surface area (Å²) in [6.07, 6.45) is 3.69. The van der Waals surface area contributed by atoms with Gasteiger partial charge in [-0.1, -0.05) is 6.92 Å². The average molecular weight is 1180 g/mol. The van der Waals surface area contributed by atoms with Crippen molar-refractivity contribution in [3.05, 3.63) is 44.7 Å². The highest BCUT2D eigenvalue weighted by atomic mass is 32.2. The Morgan fingerprint density at radius 2 is 1.21 bits per heavy atom. The van der Waals surface area contributed by atoms with Crippen LogP contribution in [0.3, 0.4) is 0 Å². The molecule has 2 aromatic rings. The van der Waals surface area contributed by atoms with E-state index in [2.05, 4.69) is 25.6 Å². The number of thiophene rings is 1. The van der Waals surface area contributed by atoms with E-state index in [1.54, 1.807) is 11.3 Å². The van der Waals surface area contributed by atoms with E-state index in [0.717, 1.165) is 47.9 Å². The fraction of sp³-hybridized carbons (Fsp3) is 0.686. The Balaban J connectivity index is 0.651. The van der Waals surface area contributed by atoms with E-state index in [9.17, 15) is 40.4 Å². The topological polar surface area (TPSA) is 264 Å². The molecular weight excluding hydrogens is 1110 g/mol. The molecule has 7 rings (SSSR count). The molecule has 4 aliphatic heterocycles. The van der Waals surface area contributed by atoms with Gasteiger partial charge in [-0.2, -0.15) is 17.2 Å². The molecule has 1 aromatic carbocycles. The minimum absolute atomic E-state index is 0.0198. The van der Waals surface area contributed by atoms with E-state index in [0.29, 0.717) is 142 Å². The van der Waals surface area contributed by atoms with Gasteiger partial charge in [0.1, 0.15) is 5.84 Å². The minimum atomic E-state index is -5.65. The van der Waals surface area contributed by atoms with Gasteiger partial charge in [-0.25, -0.2) is 18.8 Å². The zero-order chi connectivity index (χ0) is 57.5. The molecule has 3 N–H and O–H groups in total. The highest BCUT2D eigenvalue weighted by Gasteiger charge is 2.72. The summed E-state index contributed by atoms with van der Waals surface area (Å²) in [5, 5.41) is 1.42. The standard InChI is InChI=1S/C51H73F4N5O18S2/c1-3-7-60(77-4-2)50(63)35-28-40-38(57-41(56)29-35)30-36(79-40)32-58-34-51-31-39(58)37(51)33-59(51)42(61)5-8-67-10-12-69-14-16-71-18-20-73-22-24-75-26-27-76-25-23-74-21-19-72-17-15-70-13-11-68-9-6-43(62)78-48-44(52)46(54)49(80(64,65)66)47(55)45(48)53/h28,30,37,39H,3-27,29,31-34H2,1-2H3,(H2,56,57)(H,64,65,66)/t37?,39-,51-/m0/s1. The Hall–Kier alpha value is -4.31. The predicted octanol–water partition coefficient (Wildman–Crippen LogP) is 3.85. The summed E-state index contributed by atoms with van der Waals surface area (Å²) in [6, 6.07) is 2.53. The summed E-state index contributed by atoms with van der Waals surface area (Å²) in [7, 11) is -5.65. The van der Waals surface area contributed by atoms with Crippen molar-refractivity contribution in [3.8, 4) is 5.75 Å². The van der Waals surface area contributed by atoms with E-state index in [1.807, 2.05) is 19.9 Å². The third-order valence-corrected chi connectivity index (χ3v) is 15.0. The third kappa shape index (κ3) is 18.6. The maximum atomic E-state index is 14.0. The number of hydrogen-bond acceptors (Lipinski definition) is 21. The summed E-state index contributed by atoms with van der Waals surface area (Å²) >= 11 is 1.63. The Bertz CT molecular complexity index is 2480. The SMILES string of the molecule is CCCN(OCC)C(=O)C1=Cc2sc(CN3C[C@@]45C[C@H]3C4CN5C(=O)CCOCCOCCOCCOCCOCCOCCOCCOCCOCCOCCC(=O)Oc3c(F)c(F)c(S(=O)(=O)O)c(F)c3F)cc2N=C(N)C1. The van der Waals surface area contributed by atoms with Crippen molar-refractivity contribution in [3.63, 3.8) is 0 Å². The number of hydrogen-bond donors (Lipinski definition) is 2. The maximum Gasteiger partial charge on any atom is 0.313 e. The van der Waals surface area contributed by atoms with Gasteiger partial charge in [-0.3, -0.25) is 28.7 Å². The van der Waals surface area contributed by atoms with Gasteiger partial charge in [0.25, 0.3) is 5.91 Å². The number of carbonyl (C=O) groups excluding carboxylic acids is 3. The summed E-state index contributed by atoms with van der Waals surface area (Å²) in [5.74, 6) is -11.8. The van der Waals surface area contributed by atoms with Crippen molar-refractivity contribution in [1.29, 1.82) is 0 Å². The van der Waals surface area contributed by atoms with E-state index in [1.165, 1.54) is 5.06 Å². The number of nitrogens with two attached hydrogens (primary N) is 1. The van der Waals surface area contributed by atoms with Crippen molar-refractivity contribution in [2.45, 2.75) is 69.0 Å². The zero-order valence-electron chi connectivity index (χ0n) is 45.1. The lowest BCUT2D eigenvalue weighted by Crippen LogP contribution is -2.76. The number of likely N-dealkylation sites (tertiary alicyclic amines) is 1. The van der Waals surface area contributed by atoms with E-state index < -0.39 is 56.4 Å². The van der Waals surface area contributed by atoms with Gasteiger partial charge in [0, 0.05) is 55.0 Å². The smallest absolute Gasteiger partial charge is 0.313 e. The predicted molar refractivity (Wildman–Crippen MR) is 278 cm³/mol. The molecule has 1 spiro atoms. The first kappa shape index (κ1) is 64.9. The molecule has 1 saturated carbocycles. The number of hydroxylamine groups is 2. The monoisotopic (exact) mass is 1180 g/mol. The number of halogens is 4. The summed E-state index contributed by atoms with van der Waals surface area (Å²) in [5.41, 5.74) is 7.53. The van der Waals surface area contributed by atoms with Gasteiger partial charge in [-0.05, 0) is 31.9 Å². The van der Waals surface area contributed by atoms with E-state index in [4.69, 9.17) is 62.5 Å². The Kier molecular flexibility index (Phi) is 26.8. The summed E-state index contributed by atoms with van der Waals surface area (Å²) in [6.45, 7) is 13.3. The molecule has 5 heterocycles. The number of fused-ring (bicyclic) bond motifs is 2. The second-order valence-corrected chi connectivity index (χ2v) is 21.1. The van der Waals surface area contributed by atoms with Crippen molar-refractivity contribution in [2.24, 2.45) is 16.6 Å². The quantitative estimate of drug-likeness (QED) is 0.0182. The number of aliphatic imine (C=N–C) groups is 1. The van der Waals surface area contributed by atoms with Crippen molar-refractivity contribution in [1.82, 2.24) is 14.9 Å². The van der Waals surface area contributed by atoms with Crippen LogP contribution in [0.2, 0.25) is 0 Å². The van der Waals surface area contributed by atoms with Crippen LogP contribution >= 0.6 is 11.3 Å². The minimum Gasteiger partial charge on any atom is -0.420 e. The normalized spacial score (nSPS) is 18.5. The molecule has 450 valence electrons. The van der Waals surface area contributed by atoms with E-state index in [-0.39, 0.29) is 56.8 Å². The molecule has 1 aromatic heterocycles. The first-order valence-corrected chi connectivity index (χ1v) is 28.8. The lowest BCUT2D eigenvalue weighted by molar-refractivity contribution is -0.180. The van der Waals surface area contributed by atoms with Gasteiger partial charge >= 0.3 is 16.1 Å². The van der Waals surface area contributed by atoms with Crippen LogP contribution in [0.5, 0.6) is 5.75 Å². The van der Waals surface area contributed by atoms with Gasteiger partial charge in [0.2, 0.25) is 23.3 Å². The molecular formula is C51H73F4N5O18S2. The zero-order valence-corrected chi connectivity index (χ0v) is 46.7. The molecule has 80 heavy (non-hydrogen) atoms. The number of esters is 1. The second-order valence-electron chi connectivity index (χ2n) is 18.6. The third-order valence-electron chi connectivity index (χ3n) is 13.1. The Morgan fingerprint density at radius 1 is 0.738 bits per heavy atom. The highest BCUT2D eigenvalue weighted by molar-refractivity contribution is 7.85. The molecule has 5 aliphatic rings. The fourth-order valence-electron chi connectivity index (χ4n) is 9.36. The molecule has 4 fully saturated rings. The molecule has 2 amide bonds. The lowest BCUT2D eigenvalue weighted by Gasteiger charge is -2.63. The van der Waals surface area contributed by atoms with Crippen molar-refractivity contribution >= 4 is 56.8 Å². The number of amidine groups is 1. The lowest BCUT2D eigenvalue weighted by atomic mass is 9.59. The van der Waals surface area contributed by atoms with Crippen LogP contribution in [0.15, 0.2) is 21.5 Å². The van der Waals surface area contributed by atoms with Gasteiger partial charge < -0.3 is 62.7 Å². The van der Waals surface area contributed by atoms with Crippen LogP contribution in [0, 0.1) is 29.2 Å². The van der Waals surface area contributed by atoms with Crippen LogP contribution in [-0.4, -0.2) is 221 Å². The molecule has 1 unspecified atom stereocenters. The van der Waals surface area contributed by atoms with Crippen LogP contribution in [0.25, 0.3) is 6.08 Å². The number of amides is 2. The maximum absolute atomic E-state index is 14.0. The Morgan fingerprint density at radius 3 is 1.66 bits per heavy atom. The first-order valence-electron chi connectivity index (χ1n) is 26.6. The number of piperidine rings is 1. The number of nitrogens with zero attached hydrogens (tertiary/aromatic N) is 4. The van der Waals surface area contributed by atoms with Crippen molar-refractivity contribution < 1.29 is 102 Å². The number of carbonyl (C=O) groups is 3.